The van der Waals surface area contributed by atoms with Gasteiger partial charge in [0.2, 0.25) is 0 Å². The molecule has 0 fully saturated rings. The van der Waals surface area contributed by atoms with E-state index in [1.165, 1.54) is 18.4 Å². The first kappa shape index (κ1) is 12.7. The zero-order chi connectivity index (χ0) is 11.3. The topological polar surface area (TPSA) is 12.0 Å². The molecule has 2 atom stereocenters. The summed E-state index contributed by atoms with van der Waals surface area (Å²) >= 11 is 1.79. The molecule has 1 aromatic rings. The lowest BCUT2D eigenvalue weighted by molar-refractivity contribution is 0.357. The van der Waals surface area contributed by atoms with Gasteiger partial charge < -0.3 is 5.32 Å². The highest BCUT2D eigenvalue weighted by atomic mass is 32.1. The normalized spacial score (nSPS) is 15.5. The van der Waals surface area contributed by atoms with Gasteiger partial charge in [0.15, 0.2) is 0 Å². The third kappa shape index (κ3) is 4.80. The van der Waals surface area contributed by atoms with Crippen LogP contribution >= 0.6 is 11.3 Å². The molecule has 0 radical (unpaired) electrons. The second-order valence-corrected chi connectivity index (χ2v) is 5.54. The summed E-state index contributed by atoms with van der Waals surface area (Å²) in [6.07, 6.45) is 2.49. The Hall–Kier alpha value is -0.340. The van der Waals surface area contributed by atoms with Crippen LogP contribution in [-0.4, -0.2) is 12.1 Å². The van der Waals surface area contributed by atoms with E-state index in [9.17, 15) is 0 Å². The molecule has 0 saturated carbocycles. The number of thiophene rings is 1. The zero-order valence-electron chi connectivity index (χ0n) is 10.3. The fourth-order valence-corrected chi connectivity index (χ4v) is 2.47. The van der Waals surface area contributed by atoms with Crippen molar-refractivity contribution in [1.29, 1.82) is 0 Å². The van der Waals surface area contributed by atoms with E-state index >= 15 is 0 Å². The average Bonchev–Trinajstić information content (AvgIpc) is 2.65. The predicted molar refractivity (Wildman–Crippen MR) is 69.5 cm³/mol. The van der Waals surface area contributed by atoms with E-state index in [2.05, 4.69) is 49.8 Å². The molecule has 15 heavy (non-hydrogen) atoms. The molecule has 2 heteroatoms. The Morgan fingerprint density at radius 3 is 2.53 bits per heavy atom. The Bertz CT molecular complexity index is 254. The second kappa shape index (κ2) is 6.29. The van der Waals surface area contributed by atoms with Crippen molar-refractivity contribution in [3.05, 3.63) is 22.4 Å². The zero-order valence-corrected chi connectivity index (χ0v) is 11.1. The van der Waals surface area contributed by atoms with Gasteiger partial charge in [0.1, 0.15) is 0 Å². The minimum atomic E-state index is 0.587. The fraction of sp³-hybridized carbons (Fsp3) is 0.692. The van der Waals surface area contributed by atoms with Gasteiger partial charge >= 0.3 is 0 Å². The number of aryl methyl sites for hydroxylation is 1. The maximum Gasteiger partial charge on any atom is 0.00668 e. The van der Waals surface area contributed by atoms with Gasteiger partial charge in [-0.25, -0.2) is 0 Å². The molecule has 0 aromatic carbocycles. The summed E-state index contributed by atoms with van der Waals surface area (Å²) in [7, 11) is 0. The summed E-state index contributed by atoms with van der Waals surface area (Å²) < 4.78 is 0. The molecule has 86 valence electrons. The van der Waals surface area contributed by atoms with Crippen LogP contribution in [0, 0.1) is 5.92 Å². The standard InChI is InChI=1S/C13H23NS/c1-10(2)14-12(4)11(3)5-6-13-7-8-15-9-13/h7-12,14H,5-6H2,1-4H3. The molecule has 1 aromatic heterocycles. The fourth-order valence-electron chi connectivity index (χ4n) is 1.77. The van der Waals surface area contributed by atoms with Gasteiger partial charge in [-0.05, 0) is 48.1 Å². The van der Waals surface area contributed by atoms with E-state index in [1.54, 1.807) is 11.3 Å². The van der Waals surface area contributed by atoms with Gasteiger partial charge in [0, 0.05) is 12.1 Å². The number of hydrogen-bond acceptors (Lipinski definition) is 2. The Balaban J connectivity index is 2.26. The molecule has 2 unspecified atom stereocenters. The molecule has 0 spiro atoms. The van der Waals surface area contributed by atoms with Crippen LogP contribution in [0.3, 0.4) is 0 Å². The van der Waals surface area contributed by atoms with E-state index in [0.29, 0.717) is 12.1 Å². The summed E-state index contributed by atoms with van der Waals surface area (Å²) in [4.78, 5) is 0. The van der Waals surface area contributed by atoms with Crippen molar-refractivity contribution in [2.75, 3.05) is 0 Å². The van der Waals surface area contributed by atoms with Gasteiger partial charge in [-0.15, -0.1) is 0 Å². The highest BCUT2D eigenvalue weighted by Crippen LogP contribution is 2.15. The maximum absolute atomic E-state index is 3.58. The molecular weight excluding hydrogens is 202 g/mol. The van der Waals surface area contributed by atoms with Crippen LogP contribution < -0.4 is 5.32 Å². The van der Waals surface area contributed by atoms with Crippen molar-refractivity contribution in [3.63, 3.8) is 0 Å². The summed E-state index contributed by atoms with van der Waals surface area (Å²) in [5.41, 5.74) is 1.49. The van der Waals surface area contributed by atoms with Gasteiger partial charge in [-0.3, -0.25) is 0 Å². The van der Waals surface area contributed by atoms with Crippen LogP contribution in [0.15, 0.2) is 16.8 Å². The lowest BCUT2D eigenvalue weighted by Gasteiger charge is -2.23. The van der Waals surface area contributed by atoms with Gasteiger partial charge in [-0.1, -0.05) is 20.8 Å². The van der Waals surface area contributed by atoms with Crippen molar-refractivity contribution in [1.82, 2.24) is 5.32 Å². The minimum Gasteiger partial charge on any atom is -0.312 e. The molecule has 0 aliphatic rings. The Labute approximate surface area is 97.9 Å². The Kier molecular flexibility index (Phi) is 5.34. The molecule has 1 rings (SSSR count). The van der Waals surface area contributed by atoms with Gasteiger partial charge in [0.05, 0.1) is 0 Å². The van der Waals surface area contributed by atoms with E-state index in [4.69, 9.17) is 0 Å². The summed E-state index contributed by atoms with van der Waals surface area (Å²) in [6, 6.07) is 3.44. The van der Waals surface area contributed by atoms with Crippen molar-refractivity contribution in [2.24, 2.45) is 5.92 Å². The highest BCUT2D eigenvalue weighted by Gasteiger charge is 2.12. The number of rotatable bonds is 6. The van der Waals surface area contributed by atoms with Crippen LogP contribution in [0.1, 0.15) is 39.7 Å². The number of nitrogens with one attached hydrogen (secondary N) is 1. The molecular formula is C13H23NS. The van der Waals surface area contributed by atoms with E-state index in [-0.39, 0.29) is 0 Å². The van der Waals surface area contributed by atoms with Crippen molar-refractivity contribution < 1.29 is 0 Å². The van der Waals surface area contributed by atoms with Crippen LogP contribution in [-0.2, 0) is 6.42 Å². The molecule has 0 bridgehead atoms. The first-order chi connectivity index (χ1) is 7.09. The van der Waals surface area contributed by atoms with Gasteiger partial charge in [0.25, 0.3) is 0 Å². The molecule has 0 amide bonds. The molecule has 1 nitrogen and oxygen atoms in total. The van der Waals surface area contributed by atoms with Crippen molar-refractivity contribution >= 4 is 11.3 Å². The van der Waals surface area contributed by atoms with Crippen LogP contribution in [0.25, 0.3) is 0 Å². The largest absolute Gasteiger partial charge is 0.312 e. The quantitative estimate of drug-likeness (QED) is 0.778. The van der Waals surface area contributed by atoms with Crippen molar-refractivity contribution in [3.8, 4) is 0 Å². The van der Waals surface area contributed by atoms with Crippen LogP contribution in [0.4, 0.5) is 0 Å². The van der Waals surface area contributed by atoms with Crippen LogP contribution in [0.2, 0.25) is 0 Å². The average molecular weight is 225 g/mol. The first-order valence-electron chi connectivity index (χ1n) is 5.86. The lowest BCUT2D eigenvalue weighted by Crippen LogP contribution is -2.37. The molecule has 0 aliphatic heterocycles. The summed E-state index contributed by atoms with van der Waals surface area (Å²) in [5.74, 6) is 0.743. The smallest absolute Gasteiger partial charge is 0.00668 e. The monoisotopic (exact) mass is 225 g/mol. The minimum absolute atomic E-state index is 0.587. The van der Waals surface area contributed by atoms with Crippen molar-refractivity contribution in [2.45, 2.75) is 52.6 Å². The maximum atomic E-state index is 3.58. The van der Waals surface area contributed by atoms with Crippen LogP contribution in [0.5, 0.6) is 0 Å². The Morgan fingerprint density at radius 1 is 1.27 bits per heavy atom. The molecule has 1 N–H and O–H groups in total. The molecule has 0 saturated heterocycles. The SMILES string of the molecule is CC(C)NC(C)C(C)CCc1ccsc1. The van der Waals surface area contributed by atoms with E-state index < -0.39 is 0 Å². The van der Waals surface area contributed by atoms with Gasteiger partial charge in [-0.2, -0.15) is 11.3 Å². The first-order valence-corrected chi connectivity index (χ1v) is 6.81. The summed E-state index contributed by atoms with van der Waals surface area (Å²) in [5, 5.41) is 7.99. The Morgan fingerprint density at radius 2 is 2.00 bits per heavy atom. The third-order valence-electron chi connectivity index (χ3n) is 2.92. The third-order valence-corrected chi connectivity index (χ3v) is 3.65. The lowest BCUT2D eigenvalue weighted by atomic mass is 9.96. The summed E-state index contributed by atoms with van der Waals surface area (Å²) in [6.45, 7) is 9.05. The van der Waals surface area contributed by atoms with E-state index in [1.807, 2.05) is 0 Å². The second-order valence-electron chi connectivity index (χ2n) is 4.76. The molecule has 1 heterocycles. The van der Waals surface area contributed by atoms with E-state index in [0.717, 1.165) is 5.92 Å². The number of hydrogen-bond donors (Lipinski definition) is 1. The highest BCUT2D eigenvalue weighted by molar-refractivity contribution is 7.07. The molecule has 0 aliphatic carbocycles. The predicted octanol–water partition coefficient (Wildman–Crippen LogP) is 3.70.